The van der Waals surface area contributed by atoms with Crippen molar-refractivity contribution in [1.82, 2.24) is 15.1 Å². The van der Waals surface area contributed by atoms with Crippen molar-refractivity contribution in [2.75, 3.05) is 39.3 Å². The fourth-order valence-corrected chi connectivity index (χ4v) is 3.57. The van der Waals surface area contributed by atoms with Crippen molar-refractivity contribution in [3.05, 3.63) is 0 Å². The largest absolute Gasteiger partial charge is 0.378 e. The molecule has 118 valence electrons. The van der Waals surface area contributed by atoms with E-state index in [0.717, 1.165) is 51.9 Å². The third-order valence-electron chi connectivity index (χ3n) is 4.74. The Morgan fingerprint density at radius 2 is 2.19 bits per heavy atom. The molecule has 3 fully saturated rings. The number of likely N-dealkylation sites (tertiary alicyclic amines) is 1. The number of carbonyl (C=O) groups is 2. The number of amides is 2. The van der Waals surface area contributed by atoms with E-state index < -0.39 is 0 Å². The maximum Gasteiger partial charge on any atom is 0.236 e. The van der Waals surface area contributed by atoms with Crippen LogP contribution in [-0.2, 0) is 14.3 Å². The van der Waals surface area contributed by atoms with Gasteiger partial charge in [-0.3, -0.25) is 9.59 Å². The van der Waals surface area contributed by atoms with Gasteiger partial charge in [-0.25, -0.2) is 0 Å². The Hall–Kier alpha value is -1.14. The van der Waals surface area contributed by atoms with E-state index in [1.54, 1.807) is 0 Å². The average Bonchev–Trinajstić information content (AvgIpc) is 3.01. The molecule has 3 rings (SSSR count). The van der Waals surface area contributed by atoms with Crippen LogP contribution in [0, 0.1) is 0 Å². The maximum atomic E-state index is 12.4. The number of carbonyl (C=O) groups excluding carboxylic acids is 2. The summed E-state index contributed by atoms with van der Waals surface area (Å²) in [6.45, 7) is 4.35. The molecule has 3 saturated heterocycles. The van der Waals surface area contributed by atoms with Gasteiger partial charge in [-0.15, -0.1) is 0 Å². The number of rotatable bonds is 3. The van der Waals surface area contributed by atoms with Gasteiger partial charge in [0.2, 0.25) is 11.8 Å². The second-order valence-electron chi connectivity index (χ2n) is 6.24. The molecular formula is C15H25N3O3. The van der Waals surface area contributed by atoms with E-state index in [9.17, 15) is 9.59 Å². The van der Waals surface area contributed by atoms with Crippen molar-refractivity contribution in [3.63, 3.8) is 0 Å². The number of piperazine rings is 1. The number of nitrogens with zero attached hydrogens (tertiary/aromatic N) is 2. The van der Waals surface area contributed by atoms with Gasteiger partial charge in [0.25, 0.3) is 0 Å². The normalized spacial score (nSPS) is 30.8. The van der Waals surface area contributed by atoms with Crippen LogP contribution < -0.4 is 5.32 Å². The zero-order valence-electron chi connectivity index (χ0n) is 12.6. The van der Waals surface area contributed by atoms with Crippen molar-refractivity contribution in [3.8, 4) is 0 Å². The van der Waals surface area contributed by atoms with Crippen molar-refractivity contribution in [2.45, 2.75) is 44.2 Å². The Balaban J connectivity index is 1.54. The van der Waals surface area contributed by atoms with E-state index in [-0.39, 0.29) is 24.0 Å². The molecule has 6 nitrogen and oxygen atoms in total. The van der Waals surface area contributed by atoms with Crippen molar-refractivity contribution in [2.24, 2.45) is 0 Å². The zero-order chi connectivity index (χ0) is 14.7. The smallest absolute Gasteiger partial charge is 0.236 e. The summed E-state index contributed by atoms with van der Waals surface area (Å²) in [7, 11) is 0. The third kappa shape index (κ3) is 3.55. The fraction of sp³-hybridized carbons (Fsp3) is 0.867. The average molecular weight is 295 g/mol. The summed E-state index contributed by atoms with van der Waals surface area (Å²) in [5.41, 5.74) is 0. The maximum absolute atomic E-state index is 12.4. The van der Waals surface area contributed by atoms with Gasteiger partial charge in [0.15, 0.2) is 0 Å². The number of piperidine rings is 1. The summed E-state index contributed by atoms with van der Waals surface area (Å²) in [5, 5.41) is 3.10. The molecule has 1 N–H and O–H groups in total. The second kappa shape index (κ2) is 6.75. The van der Waals surface area contributed by atoms with Gasteiger partial charge in [-0.05, 0) is 25.7 Å². The lowest BCUT2D eigenvalue weighted by molar-refractivity contribution is -0.141. The lowest BCUT2D eigenvalue weighted by Gasteiger charge is -2.41. The van der Waals surface area contributed by atoms with E-state index in [1.807, 2.05) is 9.80 Å². The fourth-order valence-electron chi connectivity index (χ4n) is 3.57. The molecule has 0 aromatic carbocycles. The molecule has 2 unspecified atom stereocenters. The Morgan fingerprint density at radius 3 is 2.95 bits per heavy atom. The minimum atomic E-state index is 0.110. The second-order valence-corrected chi connectivity index (χ2v) is 6.24. The molecule has 2 atom stereocenters. The molecule has 0 radical (unpaired) electrons. The lowest BCUT2D eigenvalue weighted by atomic mass is 10.0. The van der Waals surface area contributed by atoms with E-state index in [2.05, 4.69) is 5.32 Å². The SMILES string of the molecule is O=C(CC1CCCO1)N1CCCC(N2CCNCC2=O)C1. The highest BCUT2D eigenvalue weighted by Crippen LogP contribution is 2.21. The minimum Gasteiger partial charge on any atom is -0.378 e. The molecule has 0 aromatic heterocycles. The highest BCUT2D eigenvalue weighted by Gasteiger charge is 2.32. The van der Waals surface area contributed by atoms with Crippen LogP contribution in [0.25, 0.3) is 0 Å². The monoisotopic (exact) mass is 295 g/mol. The first-order valence-corrected chi connectivity index (χ1v) is 8.13. The number of hydrogen-bond donors (Lipinski definition) is 1. The van der Waals surface area contributed by atoms with Gasteiger partial charge < -0.3 is 19.9 Å². The molecule has 3 aliphatic rings. The molecule has 0 bridgehead atoms. The number of nitrogens with one attached hydrogen (secondary N) is 1. The molecule has 0 spiro atoms. The van der Waals surface area contributed by atoms with Gasteiger partial charge in [0.05, 0.1) is 19.1 Å². The minimum absolute atomic E-state index is 0.110. The number of ether oxygens (including phenoxy) is 1. The van der Waals surface area contributed by atoms with Crippen LogP contribution in [0.15, 0.2) is 0 Å². The summed E-state index contributed by atoms with van der Waals surface area (Å²) in [5.74, 6) is 0.355. The molecule has 0 aliphatic carbocycles. The van der Waals surface area contributed by atoms with Gasteiger partial charge in [0.1, 0.15) is 0 Å². The highest BCUT2D eigenvalue weighted by molar-refractivity contribution is 5.80. The predicted molar refractivity (Wildman–Crippen MR) is 77.8 cm³/mol. The molecule has 2 amide bonds. The standard InChI is InChI=1S/C15H25N3O3/c19-14(9-13-4-2-8-21-13)17-6-1-3-12(11-17)18-7-5-16-10-15(18)20/h12-13,16H,1-11H2. The Kier molecular flexibility index (Phi) is 4.75. The molecule has 6 heteroatoms. The first-order valence-electron chi connectivity index (χ1n) is 8.13. The Morgan fingerprint density at radius 1 is 1.29 bits per heavy atom. The molecule has 0 aromatic rings. The Bertz CT molecular complexity index is 396. The van der Waals surface area contributed by atoms with Crippen LogP contribution in [0.2, 0.25) is 0 Å². The van der Waals surface area contributed by atoms with Gasteiger partial charge in [0, 0.05) is 38.8 Å². The van der Waals surface area contributed by atoms with Crippen LogP contribution in [0.3, 0.4) is 0 Å². The summed E-state index contributed by atoms with van der Waals surface area (Å²) < 4.78 is 5.55. The van der Waals surface area contributed by atoms with Crippen molar-refractivity contribution < 1.29 is 14.3 Å². The van der Waals surface area contributed by atoms with E-state index >= 15 is 0 Å². The quantitative estimate of drug-likeness (QED) is 0.795. The van der Waals surface area contributed by atoms with Gasteiger partial charge in [-0.2, -0.15) is 0 Å². The summed E-state index contributed by atoms with van der Waals surface area (Å²) >= 11 is 0. The van der Waals surface area contributed by atoms with Crippen molar-refractivity contribution in [1.29, 1.82) is 0 Å². The van der Waals surface area contributed by atoms with Crippen LogP contribution in [0.1, 0.15) is 32.1 Å². The van der Waals surface area contributed by atoms with Crippen LogP contribution in [0.5, 0.6) is 0 Å². The summed E-state index contributed by atoms with van der Waals surface area (Å²) in [6, 6.07) is 0.196. The van der Waals surface area contributed by atoms with E-state index in [0.29, 0.717) is 19.5 Å². The molecular weight excluding hydrogens is 270 g/mol. The first-order chi connectivity index (χ1) is 10.2. The molecule has 3 aliphatic heterocycles. The van der Waals surface area contributed by atoms with E-state index in [4.69, 9.17) is 4.74 Å². The molecule has 0 saturated carbocycles. The van der Waals surface area contributed by atoms with Crippen LogP contribution in [0.4, 0.5) is 0 Å². The lowest BCUT2D eigenvalue weighted by Crippen LogP contribution is -2.57. The zero-order valence-corrected chi connectivity index (χ0v) is 12.6. The van der Waals surface area contributed by atoms with Crippen LogP contribution in [-0.4, -0.2) is 73.1 Å². The number of hydrogen-bond acceptors (Lipinski definition) is 4. The third-order valence-corrected chi connectivity index (χ3v) is 4.74. The molecule has 3 heterocycles. The van der Waals surface area contributed by atoms with Crippen molar-refractivity contribution >= 4 is 11.8 Å². The molecule has 21 heavy (non-hydrogen) atoms. The van der Waals surface area contributed by atoms with Crippen LogP contribution >= 0.6 is 0 Å². The highest BCUT2D eigenvalue weighted by atomic mass is 16.5. The summed E-state index contributed by atoms with van der Waals surface area (Å²) in [4.78, 5) is 28.3. The van der Waals surface area contributed by atoms with Gasteiger partial charge in [-0.1, -0.05) is 0 Å². The topological polar surface area (TPSA) is 61.9 Å². The summed E-state index contributed by atoms with van der Waals surface area (Å²) in [6.07, 6.45) is 4.67. The Labute approximate surface area is 125 Å². The predicted octanol–water partition coefficient (Wildman–Crippen LogP) is -0.0217. The van der Waals surface area contributed by atoms with Gasteiger partial charge >= 0.3 is 0 Å². The van der Waals surface area contributed by atoms with E-state index in [1.165, 1.54) is 0 Å². The first kappa shape index (κ1) is 14.8.